The number of nitrogens with one attached hydrogen (secondary N) is 2. The van der Waals surface area contributed by atoms with Gasteiger partial charge < -0.3 is 0 Å². The Bertz CT molecular complexity index is 701. The molecule has 1 heterocycles. The molecular weight excluding hydrogens is 384 g/mol. The van der Waals surface area contributed by atoms with Gasteiger partial charge >= 0.3 is 0 Å². The third kappa shape index (κ3) is 4.86. The number of carbonyl (C=O) groups excluding carboxylic acids is 2. The molecular formula is C15H15BrN2O2S2. The van der Waals surface area contributed by atoms with Crippen molar-refractivity contribution in [2.45, 2.75) is 18.7 Å². The standard InChI is InChI=1S/C15H15BrN2O2S2/c1-9-3-4-11(7-10(9)2)21-8-14(19)17-18-15(20)12-5-6-13(16)22-12/h3-7H,8H2,1-2H3,(H,17,19)(H,18,20). The van der Waals surface area contributed by atoms with Crippen molar-refractivity contribution in [3.63, 3.8) is 0 Å². The molecule has 0 aliphatic rings. The maximum Gasteiger partial charge on any atom is 0.279 e. The Kier molecular flexibility index (Phi) is 6.05. The highest BCUT2D eigenvalue weighted by Crippen LogP contribution is 2.22. The highest BCUT2D eigenvalue weighted by molar-refractivity contribution is 9.11. The third-order valence-corrected chi connectivity index (χ3v) is 5.58. The van der Waals surface area contributed by atoms with Crippen molar-refractivity contribution in [1.29, 1.82) is 0 Å². The predicted molar refractivity (Wildman–Crippen MR) is 94.3 cm³/mol. The number of hydrazine groups is 1. The average Bonchev–Trinajstić information content (AvgIpc) is 2.92. The monoisotopic (exact) mass is 398 g/mol. The molecule has 0 atom stereocenters. The number of thioether (sulfide) groups is 1. The molecule has 2 N–H and O–H groups in total. The van der Waals surface area contributed by atoms with Gasteiger partial charge in [0.15, 0.2) is 0 Å². The Morgan fingerprint density at radius 2 is 1.91 bits per heavy atom. The fourth-order valence-corrected chi connectivity index (χ4v) is 3.69. The Morgan fingerprint density at radius 1 is 1.14 bits per heavy atom. The van der Waals surface area contributed by atoms with E-state index in [2.05, 4.69) is 39.8 Å². The van der Waals surface area contributed by atoms with Crippen LogP contribution in [0.1, 0.15) is 20.8 Å². The van der Waals surface area contributed by atoms with Crippen LogP contribution in [0.5, 0.6) is 0 Å². The normalized spacial score (nSPS) is 10.3. The number of aryl methyl sites for hydroxylation is 2. The van der Waals surface area contributed by atoms with Crippen molar-refractivity contribution in [3.8, 4) is 0 Å². The lowest BCUT2D eigenvalue weighted by Gasteiger charge is -2.07. The summed E-state index contributed by atoms with van der Waals surface area (Å²) in [5.41, 5.74) is 7.25. The quantitative estimate of drug-likeness (QED) is 0.609. The van der Waals surface area contributed by atoms with Gasteiger partial charge in [-0.3, -0.25) is 20.4 Å². The van der Waals surface area contributed by atoms with Crippen molar-refractivity contribution in [1.82, 2.24) is 10.9 Å². The molecule has 1 aromatic carbocycles. The zero-order chi connectivity index (χ0) is 16.1. The molecule has 22 heavy (non-hydrogen) atoms. The summed E-state index contributed by atoms with van der Waals surface area (Å²) in [5.74, 6) is -0.316. The molecule has 2 aromatic rings. The molecule has 0 aliphatic heterocycles. The molecule has 0 saturated heterocycles. The number of rotatable bonds is 4. The topological polar surface area (TPSA) is 58.2 Å². The van der Waals surface area contributed by atoms with Crippen LogP contribution in [0, 0.1) is 13.8 Å². The lowest BCUT2D eigenvalue weighted by molar-refractivity contribution is -0.119. The van der Waals surface area contributed by atoms with Gasteiger partial charge in [-0.15, -0.1) is 23.1 Å². The average molecular weight is 399 g/mol. The van der Waals surface area contributed by atoms with Gasteiger partial charge in [0.25, 0.3) is 5.91 Å². The SMILES string of the molecule is Cc1ccc(SCC(=O)NNC(=O)c2ccc(Br)s2)cc1C. The van der Waals surface area contributed by atoms with E-state index in [-0.39, 0.29) is 17.6 Å². The summed E-state index contributed by atoms with van der Waals surface area (Å²) in [7, 11) is 0. The molecule has 0 spiro atoms. The Hall–Kier alpha value is -1.31. The summed E-state index contributed by atoms with van der Waals surface area (Å²) in [5, 5.41) is 0. The summed E-state index contributed by atoms with van der Waals surface area (Å²) in [6, 6.07) is 9.56. The van der Waals surface area contributed by atoms with Gasteiger partial charge in [-0.25, -0.2) is 0 Å². The summed E-state index contributed by atoms with van der Waals surface area (Å²) in [4.78, 5) is 25.1. The van der Waals surface area contributed by atoms with Crippen molar-refractivity contribution in [2.24, 2.45) is 0 Å². The van der Waals surface area contributed by atoms with Crippen molar-refractivity contribution in [2.75, 3.05) is 5.75 Å². The van der Waals surface area contributed by atoms with Crippen LogP contribution in [0.2, 0.25) is 0 Å². The first-order valence-corrected chi connectivity index (χ1v) is 9.10. The minimum absolute atomic E-state index is 0.243. The Labute approximate surface area is 145 Å². The van der Waals surface area contributed by atoms with Gasteiger partial charge in [-0.05, 0) is 65.2 Å². The van der Waals surface area contributed by atoms with Crippen molar-refractivity contribution in [3.05, 3.63) is 50.1 Å². The summed E-state index contributed by atoms with van der Waals surface area (Å²) in [6.07, 6.45) is 0. The van der Waals surface area contributed by atoms with Gasteiger partial charge in [0, 0.05) is 4.90 Å². The second-order valence-electron chi connectivity index (χ2n) is 4.64. The third-order valence-electron chi connectivity index (χ3n) is 2.96. The summed E-state index contributed by atoms with van der Waals surface area (Å²) >= 11 is 6.03. The fraction of sp³-hybridized carbons (Fsp3) is 0.200. The largest absolute Gasteiger partial charge is 0.279 e. The van der Waals surface area contributed by atoms with Crippen LogP contribution in [0.25, 0.3) is 0 Å². The molecule has 0 aliphatic carbocycles. The van der Waals surface area contributed by atoms with Gasteiger partial charge in [-0.2, -0.15) is 0 Å². The molecule has 0 bridgehead atoms. The lowest BCUT2D eigenvalue weighted by atomic mass is 10.1. The molecule has 7 heteroatoms. The van der Waals surface area contributed by atoms with Crippen LogP contribution >= 0.6 is 39.0 Å². The van der Waals surface area contributed by atoms with Crippen LogP contribution < -0.4 is 10.9 Å². The smallest absolute Gasteiger partial charge is 0.272 e. The lowest BCUT2D eigenvalue weighted by Crippen LogP contribution is -2.42. The van der Waals surface area contributed by atoms with Crippen LogP contribution in [0.3, 0.4) is 0 Å². The molecule has 0 fully saturated rings. The van der Waals surface area contributed by atoms with Crippen LogP contribution in [0.4, 0.5) is 0 Å². The van der Waals surface area contributed by atoms with E-state index in [0.29, 0.717) is 4.88 Å². The number of hydrogen-bond donors (Lipinski definition) is 2. The van der Waals surface area contributed by atoms with Crippen LogP contribution in [-0.4, -0.2) is 17.6 Å². The molecule has 116 valence electrons. The molecule has 1 aromatic heterocycles. The fourth-order valence-electron chi connectivity index (χ4n) is 1.61. The maximum atomic E-state index is 11.8. The van der Waals surface area contributed by atoms with E-state index in [1.807, 2.05) is 19.1 Å². The number of thiophene rings is 1. The maximum absolute atomic E-state index is 11.8. The molecule has 4 nitrogen and oxygen atoms in total. The van der Waals surface area contributed by atoms with E-state index < -0.39 is 0 Å². The van der Waals surface area contributed by atoms with E-state index in [4.69, 9.17) is 0 Å². The minimum atomic E-state index is -0.319. The van der Waals surface area contributed by atoms with Gasteiger partial charge in [-0.1, -0.05) is 6.07 Å². The van der Waals surface area contributed by atoms with E-state index in [1.165, 1.54) is 34.2 Å². The number of carbonyl (C=O) groups is 2. The zero-order valence-corrected chi connectivity index (χ0v) is 15.3. The van der Waals surface area contributed by atoms with Crippen molar-refractivity contribution >= 4 is 50.8 Å². The number of hydrogen-bond acceptors (Lipinski definition) is 4. The first kappa shape index (κ1) is 17.1. The molecule has 0 unspecified atom stereocenters. The van der Waals surface area contributed by atoms with Crippen molar-refractivity contribution < 1.29 is 9.59 Å². The number of halogens is 1. The van der Waals surface area contributed by atoms with Crippen LogP contribution in [-0.2, 0) is 4.79 Å². The number of amides is 2. The highest BCUT2D eigenvalue weighted by atomic mass is 79.9. The van der Waals surface area contributed by atoms with E-state index in [9.17, 15) is 9.59 Å². The van der Waals surface area contributed by atoms with E-state index in [0.717, 1.165) is 8.68 Å². The Morgan fingerprint density at radius 3 is 2.55 bits per heavy atom. The zero-order valence-electron chi connectivity index (χ0n) is 12.1. The minimum Gasteiger partial charge on any atom is -0.272 e. The van der Waals surface area contributed by atoms with Gasteiger partial charge in [0.2, 0.25) is 5.91 Å². The highest BCUT2D eigenvalue weighted by Gasteiger charge is 2.10. The molecule has 0 radical (unpaired) electrons. The Balaban J connectivity index is 1.78. The van der Waals surface area contributed by atoms with Gasteiger partial charge in [0.05, 0.1) is 14.4 Å². The summed E-state index contributed by atoms with van der Waals surface area (Å²) < 4.78 is 0.870. The second kappa shape index (κ2) is 7.80. The van der Waals surface area contributed by atoms with Gasteiger partial charge in [0.1, 0.15) is 0 Å². The second-order valence-corrected chi connectivity index (χ2v) is 8.15. The molecule has 2 amide bonds. The van der Waals surface area contributed by atoms with Crippen LogP contribution in [0.15, 0.2) is 39.0 Å². The van der Waals surface area contributed by atoms with E-state index >= 15 is 0 Å². The predicted octanol–water partition coefficient (Wildman–Crippen LogP) is 3.68. The first-order valence-electron chi connectivity index (χ1n) is 6.50. The van der Waals surface area contributed by atoms with E-state index in [1.54, 1.807) is 12.1 Å². The summed E-state index contributed by atoms with van der Waals surface area (Å²) in [6.45, 7) is 4.09. The molecule has 2 rings (SSSR count). The number of benzene rings is 1. The first-order chi connectivity index (χ1) is 10.5. The molecule has 0 saturated carbocycles.